The predicted octanol–water partition coefficient (Wildman–Crippen LogP) is 3.60. The van der Waals surface area contributed by atoms with Gasteiger partial charge in [0, 0.05) is 26.7 Å². The molecule has 0 aliphatic carbocycles. The first-order chi connectivity index (χ1) is 12.3. The smallest absolute Gasteiger partial charge is 0.191 e. The van der Waals surface area contributed by atoms with Crippen LogP contribution in [-0.4, -0.2) is 31.0 Å². The minimum absolute atomic E-state index is 0.785. The normalized spacial score (nSPS) is 16.0. The first-order valence-electron chi connectivity index (χ1n) is 9.09. The summed E-state index contributed by atoms with van der Waals surface area (Å²) in [5.41, 5.74) is 3.97. The summed E-state index contributed by atoms with van der Waals surface area (Å²) in [7, 11) is 1.81. The van der Waals surface area contributed by atoms with Crippen LogP contribution in [0.2, 0.25) is 0 Å². The fourth-order valence-corrected chi connectivity index (χ4v) is 3.79. The van der Waals surface area contributed by atoms with E-state index in [0.29, 0.717) is 0 Å². The van der Waals surface area contributed by atoms with E-state index in [2.05, 4.69) is 61.6 Å². The van der Waals surface area contributed by atoms with Gasteiger partial charge >= 0.3 is 0 Å². The summed E-state index contributed by atoms with van der Waals surface area (Å²) in [6.07, 6.45) is 4.09. The van der Waals surface area contributed by atoms with Crippen LogP contribution in [0.25, 0.3) is 0 Å². The summed E-state index contributed by atoms with van der Waals surface area (Å²) >= 11 is 1.72. The Balaban J connectivity index is 1.44. The van der Waals surface area contributed by atoms with E-state index < -0.39 is 0 Å². The summed E-state index contributed by atoms with van der Waals surface area (Å²) in [5.74, 6) is 0.837. The van der Waals surface area contributed by atoms with Crippen LogP contribution < -0.4 is 10.6 Å². The summed E-state index contributed by atoms with van der Waals surface area (Å²) < 4.78 is 0. The topological polar surface area (TPSA) is 39.7 Å². The van der Waals surface area contributed by atoms with Crippen LogP contribution >= 0.6 is 11.3 Å². The molecule has 3 rings (SSSR count). The molecule has 0 radical (unpaired) electrons. The van der Waals surface area contributed by atoms with Crippen molar-refractivity contribution in [1.82, 2.24) is 15.5 Å². The molecular weight excluding hydrogens is 328 g/mol. The zero-order valence-corrected chi connectivity index (χ0v) is 15.8. The number of likely N-dealkylation sites (tertiary alicyclic amines) is 1. The highest BCUT2D eigenvalue weighted by Crippen LogP contribution is 2.13. The zero-order valence-electron chi connectivity index (χ0n) is 15.0. The molecule has 1 aliphatic heterocycles. The van der Waals surface area contributed by atoms with E-state index in [0.717, 1.165) is 25.6 Å². The highest BCUT2D eigenvalue weighted by Gasteiger charge is 2.10. The van der Waals surface area contributed by atoms with Crippen molar-refractivity contribution in [3.63, 3.8) is 0 Å². The van der Waals surface area contributed by atoms with Gasteiger partial charge in [0.05, 0.1) is 0 Å². The number of rotatable bonds is 6. The van der Waals surface area contributed by atoms with Crippen LogP contribution in [0, 0.1) is 0 Å². The third-order valence-electron chi connectivity index (χ3n) is 4.60. The maximum Gasteiger partial charge on any atom is 0.191 e. The Morgan fingerprint density at radius 3 is 2.28 bits per heavy atom. The number of nitrogens with one attached hydrogen (secondary N) is 2. The zero-order chi connectivity index (χ0) is 17.3. The van der Waals surface area contributed by atoms with Crippen molar-refractivity contribution in [2.75, 3.05) is 20.1 Å². The average Bonchev–Trinajstić information content (AvgIpc) is 3.18. The van der Waals surface area contributed by atoms with E-state index in [9.17, 15) is 0 Å². The molecule has 134 valence electrons. The van der Waals surface area contributed by atoms with Crippen molar-refractivity contribution in [3.05, 3.63) is 57.8 Å². The van der Waals surface area contributed by atoms with Gasteiger partial charge in [-0.3, -0.25) is 9.89 Å². The minimum atomic E-state index is 0.785. The molecule has 2 N–H and O–H groups in total. The van der Waals surface area contributed by atoms with Gasteiger partial charge in [-0.25, -0.2) is 0 Å². The maximum absolute atomic E-state index is 4.29. The molecule has 0 bridgehead atoms. The number of guanidine groups is 1. The average molecular weight is 357 g/mol. The van der Waals surface area contributed by atoms with Gasteiger partial charge in [0.15, 0.2) is 5.96 Å². The first kappa shape index (κ1) is 18.0. The quantitative estimate of drug-likeness (QED) is 0.614. The number of hydrogen-bond donors (Lipinski definition) is 2. The molecule has 0 saturated carbocycles. The molecule has 5 heteroatoms. The van der Waals surface area contributed by atoms with Crippen molar-refractivity contribution in [2.24, 2.45) is 4.99 Å². The largest absolute Gasteiger partial charge is 0.352 e. The molecule has 1 aliphatic rings. The molecule has 0 amide bonds. The Labute approximate surface area is 155 Å². The lowest BCUT2D eigenvalue weighted by atomic mass is 10.1. The van der Waals surface area contributed by atoms with Gasteiger partial charge in [-0.2, -0.15) is 11.3 Å². The number of nitrogens with zero attached hydrogens (tertiary/aromatic N) is 2. The molecule has 1 aromatic heterocycles. The first-order valence-corrected chi connectivity index (χ1v) is 10.0. The monoisotopic (exact) mass is 356 g/mol. The summed E-state index contributed by atoms with van der Waals surface area (Å²) in [5, 5.41) is 11.0. The van der Waals surface area contributed by atoms with Crippen molar-refractivity contribution in [3.8, 4) is 0 Å². The van der Waals surface area contributed by atoms with E-state index in [1.165, 1.54) is 49.0 Å². The second-order valence-corrected chi connectivity index (χ2v) is 7.34. The van der Waals surface area contributed by atoms with Crippen LogP contribution in [0.4, 0.5) is 0 Å². The number of piperidine rings is 1. The fraction of sp³-hybridized carbons (Fsp3) is 0.450. The lowest BCUT2D eigenvalue weighted by molar-refractivity contribution is 0.221. The molecule has 1 fully saturated rings. The summed E-state index contributed by atoms with van der Waals surface area (Å²) in [6.45, 7) is 5.16. The maximum atomic E-state index is 4.29. The molecule has 1 aromatic carbocycles. The second-order valence-electron chi connectivity index (χ2n) is 6.56. The SMILES string of the molecule is CN=C(NCc1ccc(CN2CCCCC2)cc1)NCc1ccsc1. The number of aliphatic imine (C=N–C) groups is 1. The van der Waals surface area contributed by atoms with E-state index in [4.69, 9.17) is 0 Å². The molecular formula is C20H28N4S. The Kier molecular flexibility index (Phi) is 6.89. The number of hydrogen-bond acceptors (Lipinski definition) is 3. The molecule has 0 atom stereocenters. The van der Waals surface area contributed by atoms with Gasteiger partial charge in [0.1, 0.15) is 0 Å². The molecule has 2 aromatic rings. The Morgan fingerprint density at radius 2 is 1.64 bits per heavy atom. The Bertz CT molecular complexity index is 643. The summed E-state index contributed by atoms with van der Waals surface area (Å²) in [6, 6.07) is 11.1. The standard InChI is InChI=1S/C20H28N4S/c1-21-20(23-14-19-9-12-25-16-19)22-13-17-5-7-18(8-6-17)15-24-10-3-2-4-11-24/h5-9,12,16H,2-4,10-11,13-15H2,1H3,(H2,21,22,23). The van der Waals surface area contributed by atoms with Crippen LogP contribution in [0.15, 0.2) is 46.1 Å². The van der Waals surface area contributed by atoms with Gasteiger partial charge in [-0.1, -0.05) is 30.7 Å². The van der Waals surface area contributed by atoms with Gasteiger partial charge < -0.3 is 10.6 Å². The van der Waals surface area contributed by atoms with Gasteiger partial charge in [-0.05, 0) is 59.4 Å². The molecule has 1 saturated heterocycles. The Morgan fingerprint density at radius 1 is 0.960 bits per heavy atom. The van der Waals surface area contributed by atoms with Crippen LogP contribution in [-0.2, 0) is 19.6 Å². The van der Waals surface area contributed by atoms with Crippen molar-refractivity contribution >= 4 is 17.3 Å². The predicted molar refractivity (Wildman–Crippen MR) is 107 cm³/mol. The highest BCUT2D eigenvalue weighted by molar-refractivity contribution is 7.07. The molecule has 0 spiro atoms. The van der Waals surface area contributed by atoms with E-state index in [1.807, 2.05) is 7.05 Å². The third kappa shape index (κ3) is 5.87. The molecule has 2 heterocycles. The molecule has 25 heavy (non-hydrogen) atoms. The lowest BCUT2D eigenvalue weighted by Gasteiger charge is -2.26. The van der Waals surface area contributed by atoms with Crippen molar-refractivity contribution in [1.29, 1.82) is 0 Å². The van der Waals surface area contributed by atoms with E-state index in [1.54, 1.807) is 11.3 Å². The number of benzene rings is 1. The van der Waals surface area contributed by atoms with E-state index in [-0.39, 0.29) is 0 Å². The van der Waals surface area contributed by atoms with Crippen molar-refractivity contribution in [2.45, 2.75) is 38.9 Å². The summed E-state index contributed by atoms with van der Waals surface area (Å²) in [4.78, 5) is 6.85. The van der Waals surface area contributed by atoms with Gasteiger partial charge in [0.2, 0.25) is 0 Å². The van der Waals surface area contributed by atoms with Crippen molar-refractivity contribution < 1.29 is 0 Å². The van der Waals surface area contributed by atoms with Crippen LogP contribution in [0.3, 0.4) is 0 Å². The number of thiophene rings is 1. The third-order valence-corrected chi connectivity index (χ3v) is 5.33. The second kappa shape index (κ2) is 9.59. The molecule has 4 nitrogen and oxygen atoms in total. The lowest BCUT2D eigenvalue weighted by Crippen LogP contribution is -2.36. The Hall–Kier alpha value is -1.85. The van der Waals surface area contributed by atoms with Crippen LogP contribution in [0.5, 0.6) is 0 Å². The van der Waals surface area contributed by atoms with Crippen LogP contribution in [0.1, 0.15) is 36.0 Å². The minimum Gasteiger partial charge on any atom is -0.352 e. The van der Waals surface area contributed by atoms with E-state index >= 15 is 0 Å². The van der Waals surface area contributed by atoms with Gasteiger partial charge in [0.25, 0.3) is 0 Å². The van der Waals surface area contributed by atoms with Gasteiger partial charge in [-0.15, -0.1) is 0 Å². The highest BCUT2D eigenvalue weighted by atomic mass is 32.1. The molecule has 0 unspecified atom stereocenters. The fourth-order valence-electron chi connectivity index (χ4n) is 3.12.